The van der Waals surface area contributed by atoms with Gasteiger partial charge in [-0.05, 0) is 86.4 Å². The van der Waals surface area contributed by atoms with Gasteiger partial charge in [-0.15, -0.1) is 23.4 Å². The highest BCUT2D eigenvalue weighted by Crippen LogP contribution is 2.49. The SMILES string of the molecule is Cn1cnnc1C1(Cc2cccc(N3Cc4c(cc(CNC5(C)CCC5)cc4C(F)(F)F)C3=O)c2)CC(OC(F)(F)F)C1. The third-order valence-corrected chi connectivity index (χ3v) is 9.07. The molecule has 0 spiro atoms. The van der Waals surface area contributed by atoms with Gasteiger partial charge in [-0.3, -0.25) is 9.53 Å². The van der Waals surface area contributed by atoms with Gasteiger partial charge in [0.25, 0.3) is 5.91 Å². The average molecular weight is 608 g/mol. The van der Waals surface area contributed by atoms with Crippen LogP contribution in [0.25, 0.3) is 0 Å². The molecule has 13 heteroatoms. The van der Waals surface area contributed by atoms with Crippen molar-refractivity contribution in [2.75, 3.05) is 4.90 Å². The number of carbonyl (C=O) groups excluding carboxylic acids is 1. The summed E-state index contributed by atoms with van der Waals surface area (Å²) < 4.78 is 87.1. The van der Waals surface area contributed by atoms with E-state index in [4.69, 9.17) is 0 Å². The molecule has 43 heavy (non-hydrogen) atoms. The van der Waals surface area contributed by atoms with Crippen LogP contribution in [0.3, 0.4) is 0 Å². The summed E-state index contributed by atoms with van der Waals surface area (Å²) in [6.07, 6.45) is -5.61. The van der Waals surface area contributed by atoms with Crippen LogP contribution in [0.15, 0.2) is 42.7 Å². The Balaban J connectivity index is 1.26. The molecule has 2 aromatic carbocycles. The number of benzene rings is 2. The number of hydrogen-bond acceptors (Lipinski definition) is 5. The highest BCUT2D eigenvalue weighted by molar-refractivity contribution is 6.10. The minimum atomic E-state index is -4.76. The molecule has 1 amide bonds. The highest BCUT2D eigenvalue weighted by atomic mass is 19.4. The highest BCUT2D eigenvalue weighted by Gasteiger charge is 2.52. The number of aromatic nitrogens is 3. The Morgan fingerprint density at radius 3 is 2.42 bits per heavy atom. The van der Waals surface area contributed by atoms with Crippen LogP contribution in [0.4, 0.5) is 32.0 Å². The molecule has 2 fully saturated rings. The van der Waals surface area contributed by atoms with Crippen molar-refractivity contribution < 1.29 is 35.9 Å². The molecule has 2 heterocycles. The maximum Gasteiger partial charge on any atom is 0.522 e. The van der Waals surface area contributed by atoms with E-state index >= 15 is 0 Å². The first-order chi connectivity index (χ1) is 20.1. The molecule has 0 unspecified atom stereocenters. The first kappa shape index (κ1) is 29.6. The summed E-state index contributed by atoms with van der Waals surface area (Å²) >= 11 is 0. The molecule has 2 saturated carbocycles. The zero-order valence-corrected chi connectivity index (χ0v) is 23.6. The van der Waals surface area contributed by atoms with Crippen LogP contribution < -0.4 is 10.2 Å². The van der Waals surface area contributed by atoms with E-state index in [0.29, 0.717) is 22.6 Å². The van der Waals surface area contributed by atoms with E-state index < -0.39 is 35.5 Å². The van der Waals surface area contributed by atoms with Crippen molar-refractivity contribution in [3.05, 3.63) is 76.4 Å². The van der Waals surface area contributed by atoms with Crippen molar-refractivity contribution >= 4 is 11.6 Å². The van der Waals surface area contributed by atoms with E-state index in [0.717, 1.165) is 25.3 Å². The molecular formula is C30H31F6N5O2. The molecule has 3 aliphatic rings. The van der Waals surface area contributed by atoms with E-state index in [1.165, 1.54) is 11.2 Å². The van der Waals surface area contributed by atoms with Gasteiger partial charge in [-0.1, -0.05) is 12.1 Å². The molecule has 1 aliphatic heterocycles. The predicted octanol–water partition coefficient (Wildman–Crippen LogP) is 6.21. The first-order valence-corrected chi connectivity index (χ1v) is 14.1. The van der Waals surface area contributed by atoms with Crippen molar-refractivity contribution in [2.24, 2.45) is 7.05 Å². The molecular weight excluding hydrogens is 576 g/mol. The van der Waals surface area contributed by atoms with Crippen LogP contribution in [0, 0.1) is 0 Å². The predicted molar refractivity (Wildman–Crippen MR) is 144 cm³/mol. The lowest BCUT2D eigenvalue weighted by Gasteiger charge is -2.46. The minimum Gasteiger partial charge on any atom is -0.320 e. The Hall–Kier alpha value is -3.45. The summed E-state index contributed by atoms with van der Waals surface area (Å²) in [7, 11) is 1.71. The van der Waals surface area contributed by atoms with Crippen LogP contribution in [0.5, 0.6) is 0 Å². The van der Waals surface area contributed by atoms with Crippen molar-refractivity contribution in [2.45, 2.75) is 88.1 Å². The number of ether oxygens (including phenoxy) is 1. The normalized spacial score (nSPS) is 23.2. The summed E-state index contributed by atoms with van der Waals surface area (Å²) in [5.41, 5.74) is -0.266. The van der Waals surface area contributed by atoms with Gasteiger partial charge in [0.1, 0.15) is 12.2 Å². The van der Waals surface area contributed by atoms with E-state index in [1.807, 2.05) is 6.92 Å². The van der Waals surface area contributed by atoms with Gasteiger partial charge in [0.05, 0.1) is 18.2 Å². The number of nitrogens with one attached hydrogen (secondary N) is 1. The Morgan fingerprint density at radius 2 is 1.81 bits per heavy atom. The Kier molecular flexibility index (Phi) is 7.11. The lowest BCUT2D eigenvalue weighted by Crippen LogP contribution is -2.50. The second kappa shape index (κ2) is 10.3. The van der Waals surface area contributed by atoms with Gasteiger partial charge in [-0.25, -0.2) is 0 Å². The number of carbonyl (C=O) groups is 1. The molecule has 230 valence electrons. The first-order valence-electron chi connectivity index (χ1n) is 14.1. The topological polar surface area (TPSA) is 72.3 Å². The number of nitrogens with zero attached hydrogens (tertiary/aromatic N) is 4. The van der Waals surface area contributed by atoms with Gasteiger partial charge in [0.15, 0.2) is 0 Å². The second-order valence-electron chi connectivity index (χ2n) is 12.3. The largest absolute Gasteiger partial charge is 0.522 e. The van der Waals surface area contributed by atoms with Gasteiger partial charge in [0, 0.05) is 35.8 Å². The number of anilines is 1. The zero-order chi connectivity index (χ0) is 30.8. The summed E-state index contributed by atoms with van der Waals surface area (Å²) in [5.74, 6) is -0.0176. The maximum atomic E-state index is 14.2. The van der Waals surface area contributed by atoms with E-state index in [-0.39, 0.29) is 49.0 Å². The van der Waals surface area contributed by atoms with E-state index in [9.17, 15) is 31.1 Å². The number of alkyl halides is 6. The van der Waals surface area contributed by atoms with Crippen molar-refractivity contribution in [3.8, 4) is 0 Å². The molecule has 3 aromatic rings. The summed E-state index contributed by atoms with van der Waals surface area (Å²) in [6, 6.07) is 9.48. The lowest BCUT2D eigenvalue weighted by molar-refractivity contribution is -0.356. The second-order valence-corrected chi connectivity index (χ2v) is 12.3. The molecule has 0 atom stereocenters. The number of fused-ring (bicyclic) bond motifs is 1. The quantitative estimate of drug-likeness (QED) is 0.309. The summed E-state index contributed by atoms with van der Waals surface area (Å²) in [4.78, 5) is 14.9. The molecule has 0 radical (unpaired) electrons. The van der Waals surface area contributed by atoms with Crippen LogP contribution >= 0.6 is 0 Å². The van der Waals surface area contributed by atoms with Crippen molar-refractivity contribution in [1.82, 2.24) is 20.1 Å². The third-order valence-electron chi connectivity index (χ3n) is 9.07. The third kappa shape index (κ3) is 5.76. The number of amides is 1. The van der Waals surface area contributed by atoms with Crippen LogP contribution in [-0.4, -0.2) is 38.7 Å². The van der Waals surface area contributed by atoms with Gasteiger partial charge >= 0.3 is 12.5 Å². The molecule has 1 aromatic heterocycles. The molecule has 6 rings (SSSR count). The number of hydrogen-bond donors (Lipinski definition) is 1. The smallest absolute Gasteiger partial charge is 0.320 e. The molecule has 2 aliphatic carbocycles. The fraction of sp³-hybridized carbons (Fsp3) is 0.500. The number of aryl methyl sites for hydroxylation is 1. The van der Waals surface area contributed by atoms with Crippen LogP contribution in [0.2, 0.25) is 0 Å². The van der Waals surface area contributed by atoms with Gasteiger partial charge in [-0.2, -0.15) is 13.2 Å². The molecule has 1 N–H and O–H groups in total. The standard InChI is InChI=1S/C30H31F6N5O2/c1-27(7-4-8-27)37-15-19-10-22-23(24(11-19)29(31,32)33)16-41(25(22)42)20-6-3-5-18(9-20)12-28(26-39-38-17-40(26)2)13-21(14-28)43-30(34,35)36/h3,5-6,9-11,17,21,37H,4,7-8,12-16H2,1-2H3. The molecule has 0 saturated heterocycles. The van der Waals surface area contributed by atoms with Crippen LogP contribution in [0.1, 0.15) is 77.5 Å². The van der Waals surface area contributed by atoms with Crippen molar-refractivity contribution in [1.29, 1.82) is 0 Å². The average Bonchev–Trinajstić information content (AvgIpc) is 3.46. The van der Waals surface area contributed by atoms with Crippen LogP contribution in [-0.2, 0) is 42.9 Å². The number of halogens is 6. The summed E-state index contributed by atoms with van der Waals surface area (Å²) in [6.45, 7) is 2.02. The Bertz CT molecular complexity index is 1540. The fourth-order valence-electron chi connectivity index (χ4n) is 6.71. The molecule has 7 nitrogen and oxygen atoms in total. The summed E-state index contributed by atoms with van der Waals surface area (Å²) in [5, 5.41) is 11.4. The van der Waals surface area contributed by atoms with E-state index in [1.54, 1.807) is 41.9 Å². The Morgan fingerprint density at radius 1 is 1.07 bits per heavy atom. The van der Waals surface area contributed by atoms with Gasteiger partial charge in [0.2, 0.25) is 0 Å². The van der Waals surface area contributed by atoms with Crippen molar-refractivity contribution in [3.63, 3.8) is 0 Å². The monoisotopic (exact) mass is 607 g/mol. The van der Waals surface area contributed by atoms with Gasteiger partial charge < -0.3 is 14.8 Å². The number of rotatable bonds is 8. The minimum absolute atomic E-state index is 0.0254. The fourth-order valence-corrected chi connectivity index (χ4v) is 6.71. The maximum absolute atomic E-state index is 14.2. The zero-order valence-electron chi connectivity index (χ0n) is 23.6. The lowest BCUT2D eigenvalue weighted by atomic mass is 9.63. The molecule has 0 bridgehead atoms. The Labute approximate surface area is 244 Å². The van der Waals surface area contributed by atoms with E-state index in [2.05, 4.69) is 20.3 Å².